The number of hydrogen-bond donors (Lipinski definition) is 2. The van der Waals surface area contributed by atoms with Crippen LogP contribution in [0.1, 0.15) is 41.8 Å². The summed E-state index contributed by atoms with van der Waals surface area (Å²) in [4.78, 5) is 24.7. The summed E-state index contributed by atoms with van der Waals surface area (Å²) in [6.45, 7) is 7.71. The molecular formula is C21H26N2O3. The van der Waals surface area contributed by atoms with Gasteiger partial charge in [-0.1, -0.05) is 37.3 Å². The summed E-state index contributed by atoms with van der Waals surface area (Å²) < 4.78 is 5.67. The standard InChI is InChI=1S/C21H26N2O3/c1-5-16(4)22-21(25)17-11-6-7-12-18(17)23-19(24)13-26-20-14(2)9-8-10-15(20)3/h6-12,16H,5,13H2,1-4H3,(H,22,25)(H,23,24). The summed E-state index contributed by atoms with van der Waals surface area (Å²) >= 11 is 0. The van der Waals surface area contributed by atoms with Gasteiger partial charge in [0.2, 0.25) is 0 Å². The van der Waals surface area contributed by atoms with Crippen LogP contribution in [0, 0.1) is 13.8 Å². The highest BCUT2D eigenvalue weighted by molar-refractivity contribution is 6.04. The van der Waals surface area contributed by atoms with Crippen molar-refractivity contribution in [3.05, 3.63) is 59.2 Å². The van der Waals surface area contributed by atoms with E-state index in [0.29, 0.717) is 17.0 Å². The Hall–Kier alpha value is -2.82. The highest BCUT2D eigenvalue weighted by Gasteiger charge is 2.15. The van der Waals surface area contributed by atoms with E-state index in [4.69, 9.17) is 4.74 Å². The molecule has 2 N–H and O–H groups in total. The molecule has 0 spiro atoms. The van der Waals surface area contributed by atoms with Crippen molar-refractivity contribution in [2.45, 2.75) is 40.2 Å². The van der Waals surface area contributed by atoms with Crippen molar-refractivity contribution in [3.8, 4) is 5.75 Å². The lowest BCUT2D eigenvalue weighted by Crippen LogP contribution is -2.33. The number of carbonyl (C=O) groups excluding carboxylic acids is 2. The lowest BCUT2D eigenvalue weighted by atomic mass is 10.1. The van der Waals surface area contributed by atoms with E-state index >= 15 is 0 Å². The van der Waals surface area contributed by atoms with E-state index < -0.39 is 0 Å². The van der Waals surface area contributed by atoms with E-state index in [1.165, 1.54) is 0 Å². The fourth-order valence-electron chi connectivity index (χ4n) is 2.54. The molecule has 138 valence electrons. The molecule has 2 aromatic carbocycles. The first kappa shape index (κ1) is 19.5. The molecule has 0 saturated heterocycles. The third-order valence-electron chi connectivity index (χ3n) is 4.19. The van der Waals surface area contributed by atoms with Crippen LogP contribution in [0.4, 0.5) is 5.69 Å². The molecule has 0 aromatic heterocycles. The van der Waals surface area contributed by atoms with Gasteiger partial charge in [0.1, 0.15) is 5.75 Å². The first-order chi connectivity index (χ1) is 12.4. The summed E-state index contributed by atoms with van der Waals surface area (Å²) in [7, 11) is 0. The minimum atomic E-state index is -0.309. The number of aryl methyl sites for hydroxylation is 2. The number of rotatable bonds is 7. The molecular weight excluding hydrogens is 328 g/mol. The van der Waals surface area contributed by atoms with Crippen LogP contribution in [0.5, 0.6) is 5.75 Å². The lowest BCUT2D eigenvalue weighted by Gasteiger charge is -2.15. The Bertz CT molecular complexity index is 766. The maximum Gasteiger partial charge on any atom is 0.262 e. The van der Waals surface area contributed by atoms with Gasteiger partial charge < -0.3 is 15.4 Å². The van der Waals surface area contributed by atoms with Gasteiger partial charge in [-0.2, -0.15) is 0 Å². The smallest absolute Gasteiger partial charge is 0.262 e. The SMILES string of the molecule is CCC(C)NC(=O)c1ccccc1NC(=O)COc1c(C)cccc1C. The Morgan fingerprint density at radius 1 is 1.04 bits per heavy atom. The second-order valence-corrected chi connectivity index (χ2v) is 6.39. The molecule has 0 heterocycles. The topological polar surface area (TPSA) is 67.4 Å². The largest absolute Gasteiger partial charge is 0.483 e. The van der Waals surface area contributed by atoms with Crippen LogP contribution in [0.3, 0.4) is 0 Å². The maximum atomic E-state index is 12.4. The molecule has 0 fully saturated rings. The van der Waals surface area contributed by atoms with Gasteiger partial charge in [-0.25, -0.2) is 0 Å². The summed E-state index contributed by atoms with van der Waals surface area (Å²) in [5.74, 6) is 0.202. The van der Waals surface area contributed by atoms with Gasteiger partial charge in [0.15, 0.2) is 6.61 Å². The molecule has 0 saturated carbocycles. The van der Waals surface area contributed by atoms with Crippen LogP contribution >= 0.6 is 0 Å². The van der Waals surface area contributed by atoms with Crippen LogP contribution in [-0.2, 0) is 4.79 Å². The Labute approximate surface area is 154 Å². The highest BCUT2D eigenvalue weighted by Crippen LogP contribution is 2.22. The van der Waals surface area contributed by atoms with Crippen LogP contribution in [0.2, 0.25) is 0 Å². The van der Waals surface area contributed by atoms with Crippen molar-refractivity contribution in [3.63, 3.8) is 0 Å². The van der Waals surface area contributed by atoms with Crippen molar-refractivity contribution >= 4 is 17.5 Å². The number of nitrogens with one attached hydrogen (secondary N) is 2. The van der Waals surface area contributed by atoms with Gasteiger partial charge in [-0.15, -0.1) is 0 Å². The average Bonchev–Trinajstić information content (AvgIpc) is 2.61. The van der Waals surface area contributed by atoms with Crippen molar-refractivity contribution in [2.24, 2.45) is 0 Å². The molecule has 0 bridgehead atoms. The van der Waals surface area contributed by atoms with Crippen LogP contribution in [0.15, 0.2) is 42.5 Å². The van der Waals surface area contributed by atoms with Gasteiger partial charge in [0.05, 0.1) is 11.3 Å². The highest BCUT2D eigenvalue weighted by atomic mass is 16.5. The zero-order valence-electron chi connectivity index (χ0n) is 15.8. The molecule has 2 amide bonds. The van der Waals surface area contributed by atoms with Crippen LogP contribution < -0.4 is 15.4 Å². The first-order valence-electron chi connectivity index (χ1n) is 8.81. The second kappa shape index (κ2) is 9.04. The van der Waals surface area contributed by atoms with Gasteiger partial charge >= 0.3 is 0 Å². The predicted molar refractivity (Wildman–Crippen MR) is 104 cm³/mol. The summed E-state index contributed by atoms with van der Waals surface area (Å²) in [6.07, 6.45) is 0.837. The van der Waals surface area contributed by atoms with E-state index in [1.54, 1.807) is 24.3 Å². The van der Waals surface area contributed by atoms with Crippen molar-refractivity contribution in [1.82, 2.24) is 5.32 Å². The van der Waals surface area contributed by atoms with Gasteiger partial charge in [-0.05, 0) is 50.5 Å². The van der Waals surface area contributed by atoms with Gasteiger partial charge in [-0.3, -0.25) is 9.59 Å². The monoisotopic (exact) mass is 354 g/mol. The van der Waals surface area contributed by atoms with Gasteiger partial charge in [0.25, 0.3) is 11.8 Å². The number of benzene rings is 2. The second-order valence-electron chi connectivity index (χ2n) is 6.39. The van der Waals surface area contributed by atoms with E-state index in [-0.39, 0.29) is 24.5 Å². The molecule has 2 rings (SSSR count). The Balaban J connectivity index is 2.04. The Morgan fingerprint density at radius 2 is 1.69 bits per heavy atom. The molecule has 5 nitrogen and oxygen atoms in total. The Morgan fingerprint density at radius 3 is 2.35 bits per heavy atom. The summed E-state index contributed by atoms with van der Waals surface area (Å²) in [6, 6.07) is 12.9. The first-order valence-corrected chi connectivity index (χ1v) is 8.81. The molecule has 5 heteroatoms. The van der Waals surface area contributed by atoms with Crippen LogP contribution in [0.25, 0.3) is 0 Å². The third-order valence-corrected chi connectivity index (χ3v) is 4.19. The Kier molecular flexibility index (Phi) is 6.78. The third kappa shape index (κ3) is 5.09. The molecule has 1 unspecified atom stereocenters. The maximum absolute atomic E-state index is 12.4. The van der Waals surface area contributed by atoms with Crippen molar-refractivity contribution in [1.29, 1.82) is 0 Å². The fraction of sp³-hybridized carbons (Fsp3) is 0.333. The lowest BCUT2D eigenvalue weighted by molar-refractivity contribution is -0.118. The number of carbonyl (C=O) groups is 2. The van der Waals surface area contributed by atoms with Crippen molar-refractivity contribution in [2.75, 3.05) is 11.9 Å². The minimum absolute atomic E-state index is 0.0682. The van der Waals surface area contributed by atoms with E-state index in [9.17, 15) is 9.59 Å². The van der Waals surface area contributed by atoms with E-state index in [1.807, 2.05) is 45.9 Å². The molecule has 26 heavy (non-hydrogen) atoms. The normalized spacial score (nSPS) is 11.5. The fourth-order valence-corrected chi connectivity index (χ4v) is 2.54. The molecule has 0 aliphatic heterocycles. The zero-order valence-corrected chi connectivity index (χ0v) is 15.8. The zero-order chi connectivity index (χ0) is 19.1. The number of anilines is 1. The van der Waals surface area contributed by atoms with Crippen LogP contribution in [-0.4, -0.2) is 24.5 Å². The number of para-hydroxylation sites is 2. The molecule has 2 aromatic rings. The van der Waals surface area contributed by atoms with E-state index in [0.717, 1.165) is 17.5 Å². The number of ether oxygens (including phenoxy) is 1. The average molecular weight is 354 g/mol. The predicted octanol–water partition coefficient (Wildman–Crippen LogP) is 3.85. The molecule has 0 aliphatic rings. The molecule has 1 atom stereocenters. The summed E-state index contributed by atoms with van der Waals surface area (Å²) in [5, 5.41) is 5.68. The van der Waals surface area contributed by atoms with Gasteiger partial charge in [0, 0.05) is 6.04 Å². The summed E-state index contributed by atoms with van der Waals surface area (Å²) in [5.41, 5.74) is 2.87. The van der Waals surface area contributed by atoms with E-state index in [2.05, 4.69) is 10.6 Å². The quantitative estimate of drug-likeness (QED) is 0.794. The molecule has 0 aliphatic carbocycles. The minimum Gasteiger partial charge on any atom is -0.483 e. The number of amides is 2. The number of hydrogen-bond acceptors (Lipinski definition) is 3. The molecule has 0 radical (unpaired) electrons. The van der Waals surface area contributed by atoms with Crippen molar-refractivity contribution < 1.29 is 14.3 Å².